The zero-order valence-corrected chi connectivity index (χ0v) is 11.8. The molecule has 0 aromatic heterocycles. The largest absolute Gasteiger partial charge is 0.399 e. The zero-order valence-electron chi connectivity index (χ0n) is 11.8. The van der Waals surface area contributed by atoms with Crippen molar-refractivity contribution in [2.45, 2.75) is 38.0 Å². The van der Waals surface area contributed by atoms with E-state index in [-0.39, 0.29) is 0 Å². The molecule has 1 nitrogen and oxygen atoms in total. The summed E-state index contributed by atoms with van der Waals surface area (Å²) < 4.78 is 0. The number of fused-ring (bicyclic) bond motifs is 3. The molecule has 102 valence electrons. The molecule has 1 atom stereocenters. The van der Waals surface area contributed by atoms with E-state index in [0.717, 1.165) is 11.6 Å². The van der Waals surface area contributed by atoms with E-state index in [2.05, 4.69) is 36.4 Å². The van der Waals surface area contributed by atoms with Gasteiger partial charge in [-0.25, -0.2) is 0 Å². The molecule has 0 radical (unpaired) electrons. The molecule has 0 saturated heterocycles. The van der Waals surface area contributed by atoms with Gasteiger partial charge in [-0.1, -0.05) is 49.6 Å². The average molecular weight is 263 g/mol. The normalized spacial score (nSPS) is 21.5. The summed E-state index contributed by atoms with van der Waals surface area (Å²) in [7, 11) is 0. The molecule has 0 amide bonds. The third kappa shape index (κ3) is 1.76. The van der Waals surface area contributed by atoms with E-state index < -0.39 is 0 Å². The van der Waals surface area contributed by atoms with Gasteiger partial charge in [0.2, 0.25) is 0 Å². The van der Waals surface area contributed by atoms with Gasteiger partial charge in [0.1, 0.15) is 0 Å². The third-order valence-electron chi connectivity index (χ3n) is 5.12. The Labute approximate surface area is 120 Å². The molecule has 1 fully saturated rings. The highest BCUT2D eigenvalue weighted by atomic mass is 14.5. The molecule has 1 unspecified atom stereocenters. The first-order valence-corrected chi connectivity index (χ1v) is 7.83. The fourth-order valence-electron chi connectivity index (χ4n) is 4.24. The standard InChI is InChI=1S/C19H21N/c20-14-10-11-16-15-8-4-5-9-17(15)19(18(16)12-14)13-6-2-1-3-7-13/h4-5,8-13,19H,1-3,6-7,20H2. The summed E-state index contributed by atoms with van der Waals surface area (Å²) in [6, 6.07) is 15.4. The minimum atomic E-state index is 0.574. The fraction of sp³-hybridized carbons (Fsp3) is 0.368. The second-order valence-electron chi connectivity index (χ2n) is 6.31. The molecule has 0 spiro atoms. The van der Waals surface area contributed by atoms with Crippen LogP contribution in [-0.2, 0) is 0 Å². The smallest absolute Gasteiger partial charge is 0.0317 e. The zero-order chi connectivity index (χ0) is 13.5. The van der Waals surface area contributed by atoms with Gasteiger partial charge in [-0.2, -0.15) is 0 Å². The summed E-state index contributed by atoms with van der Waals surface area (Å²) in [5.74, 6) is 1.37. The third-order valence-corrected chi connectivity index (χ3v) is 5.12. The molecule has 1 saturated carbocycles. The lowest BCUT2D eigenvalue weighted by Gasteiger charge is -2.29. The maximum absolute atomic E-state index is 6.06. The predicted octanol–water partition coefficient (Wildman–Crippen LogP) is 4.96. The van der Waals surface area contributed by atoms with E-state index in [1.807, 2.05) is 6.07 Å². The van der Waals surface area contributed by atoms with Crippen LogP contribution in [0.1, 0.15) is 49.1 Å². The Bertz CT molecular complexity index is 638. The molecule has 0 heterocycles. The molecule has 20 heavy (non-hydrogen) atoms. The van der Waals surface area contributed by atoms with Crippen LogP contribution >= 0.6 is 0 Å². The lowest BCUT2D eigenvalue weighted by Crippen LogP contribution is -2.15. The minimum absolute atomic E-state index is 0.574. The maximum Gasteiger partial charge on any atom is 0.0317 e. The molecule has 2 aliphatic carbocycles. The highest BCUT2D eigenvalue weighted by Gasteiger charge is 2.34. The van der Waals surface area contributed by atoms with Crippen molar-refractivity contribution < 1.29 is 0 Å². The van der Waals surface area contributed by atoms with Crippen LogP contribution in [0.4, 0.5) is 5.69 Å². The Hall–Kier alpha value is -1.76. The average Bonchev–Trinajstić information content (AvgIpc) is 2.81. The van der Waals surface area contributed by atoms with Crippen molar-refractivity contribution in [3.8, 4) is 11.1 Å². The van der Waals surface area contributed by atoms with Crippen LogP contribution in [-0.4, -0.2) is 0 Å². The van der Waals surface area contributed by atoms with Crippen LogP contribution in [0.3, 0.4) is 0 Å². The van der Waals surface area contributed by atoms with Gasteiger partial charge >= 0.3 is 0 Å². The number of hydrogen-bond donors (Lipinski definition) is 1. The van der Waals surface area contributed by atoms with Crippen molar-refractivity contribution in [3.05, 3.63) is 53.6 Å². The molecule has 2 N–H and O–H groups in total. The Morgan fingerprint density at radius 2 is 1.55 bits per heavy atom. The summed E-state index contributed by atoms with van der Waals surface area (Å²) in [4.78, 5) is 0. The minimum Gasteiger partial charge on any atom is -0.399 e. The van der Waals surface area contributed by atoms with E-state index in [9.17, 15) is 0 Å². The van der Waals surface area contributed by atoms with E-state index in [1.165, 1.54) is 54.4 Å². The number of rotatable bonds is 1. The first-order valence-electron chi connectivity index (χ1n) is 7.83. The van der Waals surface area contributed by atoms with Gasteiger partial charge in [0.15, 0.2) is 0 Å². The number of nitrogen functional groups attached to an aromatic ring is 1. The first kappa shape index (κ1) is 12.0. The molecule has 0 bridgehead atoms. The summed E-state index contributed by atoms with van der Waals surface area (Å²) >= 11 is 0. The summed E-state index contributed by atoms with van der Waals surface area (Å²) in [5.41, 5.74) is 12.8. The molecular formula is C19H21N. The number of nitrogens with two attached hydrogens (primary N) is 1. The summed E-state index contributed by atoms with van der Waals surface area (Å²) in [6.07, 6.45) is 6.93. The van der Waals surface area contributed by atoms with Crippen LogP contribution in [0, 0.1) is 5.92 Å². The molecule has 1 heteroatoms. The van der Waals surface area contributed by atoms with Gasteiger partial charge in [-0.15, -0.1) is 0 Å². The molecule has 2 aromatic rings. The molecular weight excluding hydrogens is 242 g/mol. The van der Waals surface area contributed by atoms with Crippen LogP contribution < -0.4 is 5.73 Å². The quantitative estimate of drug-likeness (QED) is 0.723. The molecule has 0 aliphatic heterocycles. The highest BCUT2D eigenvalue weighted by molar-refractivity contribution is 5.80. The summed E-state index contributed by atoms with van der Waals surface area (Å²) in [6.45, 7) is 0. The van der Waals surface area contributed by atoms with Crippen molar-refractivity contribution in [3.63, 3.8) is 0 Å². The van der Waals surface area contributed by atoms with Crippen molar-refractivity contribution in [1.82, 2.24) is 0 Å². The SMILES string of the molecule is Nc1ccc2c(c1)C(C1CCCCC1)c1ccccc1-2. The van der Waals surface area contributed by atoms with Crippen molar-refractivity contribution >= 4 is 5.69 Å². The lowest BCUT2D eigenvalue weighted by atomic mass is 9.75. The first-order chi connectivity index (χ1) is 9.84. The maximum atomic E-state index is 6.06. The van der Waals surface area contributed by atoms with E-state index in [1.54, 1.807) is 0 Å². The second kappa shape index (κ2) is 4.66. The fourth-order valence-corrected chi connectivity index (χ4v) is 4.24. The number of anilines is 1. The highest BCUT2D eigenvalue weighted by Crippen LogP contribution is 2.51. The van der Waals surface area contributed by atoms with Crippen LogP contribution in [0.2, 0.25) is 0 Å². The Morgan fingerprint density at radius 3 is 2.40 bits per heavy atom. The van der Waals surface area contributed by atoms with Crippen LogP contribution in [0.15, 0.2) is 42.5 Å². The van der Waals surface area contributed by atoms with Gasteiger partial charge in [-0.3, -0.25) is 0 Å². The van der Waals surface area contributed by atoms with E-state index in [0.29, 0.717) is 5.92 Å². The monoisotopic (exact) mass is 263 g/mol. The molecule has 2 aliphatic rings. The lowest BCUT2D eigenvalue weighted by molar-refractivity contribution is 0.330. The molecule has 2 aromatic carbocycles. The van der Waals surface area contributed by atoms with Gasteiger partial charge in [-0.05, 0) is 53.1 Å². The molecule has 4 rings (SSSR count). The Morgan fingerprint density at radius 1 is 0.800 bits per heavy atom. The van der Waals surface area contributed by atoms with Gasteiger partial charge in [0.25, 0.3) is 0 Å². The van der Waals surface area contributed by atoms with Crippen molar-refractivity contribution in [2.75, 3.05) is 5.73 Å². The number of hydrogen-bond acceptors (Lipinski definition) is 1. The topological polar surface area (TPSA) is 26.0 Å². The Kier molecular flexibility index (Phi) is 2.80. The van der Waals surface area contributed by atoms with Crippen LogP contribution in [0.25, 0.3) is 11.1 Å². The van der Waals surface area contributed by atoms with E-state index >= 15 is 0 Å². The second-order valence-corrected chi connectivity index (χ2v) is 6.31. The van der Waals surface area contributed by atoms with Gasteiger partial charge in [0.05, 0.1) is 0 Å². The number of benzene rings is 2. The van der Waals surface area contributed by atoms with E-state index in [4.69, 9.17) is 5.73 Å². The summed E-state index contributed by atoms with van der Waals surface area (Å²) in [5, 5.41) is 0. The van der Waals surface area contributed by atoms with Crippen molar-refractivity contribution in [1.29, 1.82) is 0 Å². The van der Waals surface area contributed by atoms with Crippen molar-refractivity contribution in [2.24, 2.45) is 5.92 Å². The predicted molar refractivity (Wildman–Crippen MR) is 84.7 cm³/mol. The van der Waals surface area contributed by atoms with Gasteiger partial charge in [0, 0.05) is 11.6 Å². The van der Waals surface area contributed by atoms with Crippen LogP contribution in [0.5, 0.6) is 0 Å². The van der Waals surface area contributed by atoms with Gasteiger partial charge < -0.3 is 5.73 Å². The Balaban J connectivity index is 1.87.